The van der Waals surface area contributed by atoms with Gasteiger partial charge in [0.15, 0.2) is 18.5 Å². The summed E-state index contributed by atoms with van der Waals surface area (Å²) in [7, 11) is 0. The van der Waals surface area contributed by atoms with Crippen molar-refractivity contribution in [3.8, 4) is 5.75 Å². The Kier molecular flexibility index (Phi) is 4.76. The van der Waals surface area contributed by atoms with Crippen LogP contribution in [0.25, 0.3) is 10.8 Å². The molecule has 0 radical (unpaired) electrons. The van der Waals surface area contributed by atoms with E-state index in [0.29, 0.717) is 5.75 Å². The average Bonchev–Trinajstić information content (AvgIpc) is 2.58. The fourth-order valence-electron chi connectivity index (χ4n) is 2.75. The van der Waals surface area contributed by atoms with E-state index in [1.165, 1.54) is 0 Å². The first kappa shape index (κ1) is 16.1. The van der Waals surface area contributed by atoms with E-state index in [0.717, 1.165) is 10.8 Å². The van der Waals surface area contributed by atoms with Gasteiger partial charge < -0.3 is 24.8 Å². The van der Waals surface area contributed by atoms with Crippen molar-refractivity contribution >= 4 is 10.8 Å². The molecule has 0 unspecified atom stereocenters. The summed E-state index contributed by atoms with van der Waals surface area (Å²) < 4.78 is 10.9. The van der Waals surface area contributed by atoms with Gasteiger partial charge >= 0.3 is 0 Å². The van der Waals surface area contributed by atoms with Gasteiger partial charge in [0.25, 0.3) is 0 Å². The van der Waals surface area contributed by atoms with Crippen LogP contribution in [-0.4, -0.2) is 57.9 Å². The Morgan fingerprint density at radius 2 is 1.74 bits per heavy atom. The van der Waals surface area contributed by atoms with Gasteiger partial charge in [-0.05, 0) is 11.5 Å². The van der Waals surface area contributed by atoms with Crippen LogP contribution in [0.4, 0.5) is 0 Å². The Hall–Kier alpha value is -1.74. The van der Waals surface area contributed by atoms with Crippen LogP contribution in [0.2, 0.25) is 0 Å². The maximum Gasteiger partial charge on any atom is 0.195 e. The molecule has 0 aliphatic carbocycles. The molecular weight excluding hydrogens is 304 g/mol. The van der Waals surface area contributed by atoms with Gasteiger partial charge in [-0.15, -0.1) is 0 Å². The molecule has 1 saturated heterocycles. The van der Waals surface area contributed by atoms with Gasteiger partial charge in [-0.1, -0.05) is 36.4 Å². The van der Waals surface area contributed by atoms with Crippen LogP contribution >= 0.6 is 0 Å². The van der Waals surface area contributed by atoms with Gasteiger partial charge in [0.05, 0.1) is 6.61 Å². The van der Waals surface area contributed by atoms with Gasteiger partial charge in [-0.3, -0.25) is 5.26 Å². The van der Waals surface area contributed by atoms with Crippen molar-refractivity contribution in [3.05, 3.63) is 42.5 Å². The molecule has 1 heterocycles. The van der Waals surface area contributed by atoms with Crippen LogP contribution in [-0.2, 0) is 9.62 Å². The second-order valence-electron chi connectivity index (χ2n) is 5.37. The fourth-order valence-corrected chi connectivity index (χ4v) is 2.75. The molecule has 2 aromatic rings. The average molecular weight is 322 g/mol. The number of aliphatic hydroxyl groups excluding tert-OH is 3. The Balaban J connectivity index is 1.90. The zero-order valence-corrected chi connectivity index (χ0v) is 12.1. The molecule has 0 bridgehead atoms. The highest BCUT2D eigenvalue weighted by Gasteiger charge is 2.47. The van der Waals surface area contributed by atoms with Crippen LogP contribution < -0.4 is 4.74 Å². The summed E-state index contributed by atoms with van der Waals surface area (Å²) in [6.45, 7) is -0.529. The summed E-state index contributed by atoms with van der Waals surface area (Å²) in [5.74, 6) is 0.451. The molecule has 7 nitrogen and oxygen atoms in total. The monoisotopic (exact) mass is 322 g/mol. The lowest BCUT2D eigenvalue weighted by molar-refractivity contribution is -0.368. The lowest BCUT2D eigenvalue weighted by atomic mass is 9.99. The maximum absolute atomic E-state index is 10.1. The minimum absolute atomic E-state index is 0.451. The number of fused-ring (bicyclic) bond motifs is 1. The van der Waals surface area contributed by atoms with Crippen LogP contribution in [0, 0.1) is 0 Å². The molecule has 23 heavy (non-hydrogen) atoms. The molecule has 0 saturated carbocycles. The van der Waals surface area contributed by atoms with E-state index in [2.05, 4.69) is 4.89 Å². The van der Waals surface area contributed by atoms with Gasteiger partial charge in [0, 0.05) is 5.39 Å². The molecule has 0 aromatic heterocycles. The van der Waals surface area contributed by atoms with E-state index < -0.39 is 37.3 Å². The molecule has 5 atom stereocenters. The van der Waals surface area contributed by atoms with Gasteiger partial charge in [0.2, 0.25) is 0 Å². The smallest absolute Gasteiger partial charge is 0.195 e. The molecule has 4 N–H and O–H groups in total. The maximum atomic E-state index is 10.1. The molecule has 124 valence electrons. The standard InChI is InChI=1S/C16H18O7/c17-8-12-13(18)14(23-20)15(16(19)22-12)21-11-7-3-5-9-4-1-2-6-10(9)11/h1-7,12-20H,8H2/t12-,13-,14+,15-,16-/m1/s1. The number of rotatable bonds is 4. The van der Waals surface area contributed by atoms with E-state index in [-0.39, 0.29) is 0 Å². The van der Waals surface area contributed by atoms with Gasteiger partial charge in [-0.25, -0.2) is 4.89 Å². The van der Waals surface area contributed by atoms with Crippen LogP contribution in [0.3, 0.4) is 0 Å². The third-order valence-electron chi connectivity index (χ3n) is 3.95. The number of benzene rings is 2. The summed E-state index contributed by atoms with van der Waals surface area (Å²) in [6, 6.07) is 12.9. The fraction of sp³-hybridized carbons (Fsp3) is 0.375. The quantitative estimate of drug-likeness (QED) is 0.480. The highest BCUT2D eigenvalue weighted by Crippen LogP contribution is 2.30. The second-order valence-corrected chi connectivity index (χ2v) is 5.37. The number of hydrogen-bond donors (Lipinski definition) is 4. The first-order chi connectivity index (χ1) is 11.2. The van der Waals surface area contributed by atoms with Gasteiger partial charge in [-0.2, -0.15) is 0 Å². The topological polar surface area (TPSA) is 109 Å². The highest BCUT2D eigenvalue weighted by molar-refractivity contribution is 5.88. The van der Waals surface area contributed by atoms with Crippen LogP contribution in [0.1, 0.15) is 0 Å². The predicted molar refractivity (Wildman–Crippen MR) is 79.8 cm³/mol. The van der Waals surface area contributed by atoms with E-state index in [1.807, 2.05) is 30.3 Å². The van der Waals surface area contributed by atoms with E-state index in [9.17, 15) is 10.2 Å². The van der Waals surface area contributed by atoms with E-state index in [4.69, 9.17) is 19.8 Å². The third kappa shape index (κ3) is 3.02. The van der Waals surface area contributed by atoms with Crippen molar-refractivity contribution < 1.29 is 34.9 Å². The van der Waals surface area contributed by atoms with Gasteiger partial charge in [0.1, 0.15) is 18.0 Å². The van der Waals surface area contributed by atoms with Crippen LogP contribution in [0.5, 0.6) is 5.75 Å². The first-order valence-electron chi connectivity index (χ1n) is 7.23. The van der Waals surface area contributed by atoms with Crippen LogP contribution in [0.15, 0.2) is 42.5 Å². The molecule has 2 aromatic carbocycles. The normalized spacial score (nSPS) is 31.2. The molecule has 3 rings (SSSR count). The highest BCUT2D eigenvalue weighted by atomic mass is 17.1. The summed E-state index contributed by atoms with van der Waals surface area (Å²) >= 11 is 0. The largest absolute Gasteiger partial charge is 0.481 e. The Labute approximate surface area is 132 Å². The molecule has 1 aliphatic heterocycles. The van der Waals surface area contributed by atoms with E-state index in [1.54, 1.807) is 12.1 Å². The summed E-state index contributed by atoms with van der Waals surface area (Å²) in [5.41, 5.74) is 0. The lowest BCUT2D eigenvalue weighted by Gasteiger charge is -2.40. The van der Waals surface area contributed by atoms with Crippen molar-refractivity contribution in [1.29, 1.82) is 0 Å². The second kappa shape index (κ2) is 6.79. The Bertz CT molecular complexity index is 656. The molecular formula is C16H18O7. The van der Waals surface area contributed by atoms with Crippen molar-refractivity contribution in [1.82, 2.24) is 0 Å². The molecule has 1 fully saturated rings. The third-order valence-corrected chi connectivity index (χ3v) is 3.95. The number of aliphatic hydroxyl groups is 3. The predicted octanol–water partition coefficient (Wildman–Crippen LogP) is 0.516. The molecule has 0 spiro atoms. The first-order valence-corrected chi connectivity index (χ1v) is 7.23. The van der Waals surface area contributed by atoms with E-state index >= 15 is 0 Å². The summed E-state index contributed by atoms with van der Waals surface area (Å²) in [6.07, 6.45) is -6.34. The van der Waals surface area contributed by atoms with Crippen molar-refractivity contribution in [2.24, 2.45) is 0 Å². The minimum Gasteiger partial charge on any atom is -0.481 e. The summed E-state index contributed by atoms with van der Waals surface area (Å²) in [5, 5.41) is 40.1. The zero-order valence-electron chi connectivity index (χ0n) is 12.1. The van der Waals surface area contributed by atoms with Crippen molar-refractivity contribution in [2.75, 3.05) is 6.61 Å². The number of ether oxygens (including phenoxy) is 2. The van der Waals surface area contributed by atoms with Crippen molar-refractivity contribution in [3.63, 3.8) is 0 Å². The van der Waals surface area contributed by atoms with Crippen molar-refractivity contribution in [2.45, 2.75) is 30.7 Å². The molecule has 0 amide bonds. The Morgan fingerprint density at radius 3 is 2.48 bits per heavy atom. The molecule has 7 heteroatoms. The number of hydrogen-bond acceptors (Lipinski definition) is 7. The Morgan fingerprint density at radius 1 is 1.00 bits per heavy atom. The minimum atomic E-state index is -1.48. The SMILES string of the molecule is OC[C@H]1O[C@@H](O)[C@H](Oc2cccc3ccccc23)[C@@H](OO)[C@@H]1O. The lowest BCUT2D eigenvalue weighted by Crippen LogP contribution is -2.61. The molecule has 1 aliphatic rings. The summed E-state index contributed by atoms with van der Waals surface area (Å²) in [4.78, 5) is 4.28. The zero-order chi connectivity index (χ0) is 16.4.